The Morgan fingerprint density at radius 2 is 2.29 bits per heavy atom. The summed E-state index contributed by atoms with van der Waals surface area (Å²) in [5.74, 6) is 0.883. The molecule has 4 heteroatoms. The summed E-state index contributed by atoms with van der Waals surface area (Å²) in [4.78, 5) is 6.71. The summed E-state index contributed by atoms with van der Waals surface area (Å²) in [5.41, 5.74) is 7.87. The number of aliphatic hydroxyl groups excluding tert-OH is 1. The van der Waals surface area contributed by atoms with E-state index >= 15 is 0 Å². The molecule has 0 bridgehead atoms. The largest absolute Gasteiger partial charge is 0.396 e. The predicted octanol–water partition coefficient (Wildman–Crippen LogP) is 1.71. The zero-order valence-corrected chi connectivity index (χ0v) is 10.4. The van der Waals surface area contributed by atoms with Crippen molar-refractivity contribution in [3.05, 3.63) is 17.8 Å². The molecular weight excluding hydrogens is 214 g/mol. The van der Waals surface area contributed by atoms with Gasteiger partial charge in [0.1, 0.15) is 0 Å². The van der Waals surface area contributed by atoms with Gasteiger partial charge in [0.25, 0.3) is 0 Å². The quantitative estimate of drug-likeness (QED) is 0.815. The maximum absolute atomic E-state index is 8.97. The van der Waals surface area contributed by atoms with E-state index < -0.39 is 0 Å². The zero-order chi connectivity index (χ0) is 12.3. The van der Waals surface area contributed by atoms with Crippen LogP contribution in [0.2, 0.25) is 0 Å². The first-order chi connectivity index (χ1) is 8.22. The van der Waals surface area contributed by atoms with Gasteiger partial charge in [0.05, 0.1) is 5.69 Å². The summed E-state index contributed by atoms with van der Waals surface area (Å²) in [7, 11) is 0. The number of nitrogens with zero attached hydrogens (tertiary/aromatic N) is 2. The molecule has 0 saturated heterocycles. The van der Waals surface area contributed by atoms with E-state index in [2.05, 4.69) is 9.88 Å². The zero-order valence-electron chi connectivity index (χ0n) is 10.4. The minimum absolute atomic E-state index is 0.217. The van der Waals surface area contributed by atoms with Crippen LogP contribution in [0.1, 0.15) is 31.2 Å². The molecule has 94 valence electrons. The summed E-state index contributed by atoms with van der Waals surface area (Å²) in [6.07, 6.45) is 6.33. The molecule has 0 unspecified atom stereocenters. The number of pyridine rings is 1. The molecule has 1 aliphatic carbocycles. The number of aromatic nitrogens is 1. The molecule has 4 nitrogen and oxygen atoms in total. The smallest absolute Gasteiger partial charge is 0.152 e. The van der Waals surface area contributed by atoms with Crippen molar-refractivity contribution in [2.45, 2.75) is 38.6 Å². The SMILES string of the molecule is Cc1cnc(N(CCCO)C2CCC2)c(N)c1. The highest BCUT2D eigenvalue weighted by atomic mass is 16.3. The van der Waals surface area contributed by atoms with Crippen molar-refractivity contribution in [3.8, 4) is 0 Å². The number of hydrogen-bond acceptors (Lipinski definition) is 4. The maximum Gasteiger partial charge on any atom is 0.152 e. The first kappa shape index (κ1) is 12.2. The van der Waals surface area contributed by atoms with E-state index in [1.54, 1.807) is 0 Å². The van der Waals surface area contributed by atoms with Crippen LogP contribution in [0.4, 0.5) is 11.5 Å². The van der Waals surface area contributed by atoms with Gasteiger partial charge in [0.15, 0.2) is 5.82 Å². The molecule has 0 spiro atoms. The summed E-state index contributed by atoms with van der Waals surface area (Å²) < 4.78 is 0. The van der Waals surface area contributed by atoms with Gasteiger partial charge in [0, 0.05) is 25.4 Å². The fraction of sp³-hybridized carbons (Fsp3) is 0.615. The van der Waals surface area contributed by atoms with Gasteiger partial charge in [-0.2, -0.15) is 0 Å². The Bertz CT molecular complexity index is 377. The minimum atomic E-state index is 0.217. The third-order valence-electron chi connectivity index (χ3n) is 3.38. The van der Waals surface area contributed by atoms with Gasteiger partial charge in [-0.1, -0.05) is 0 Å². The van der Waals surface area contributed by atoms with Crippen molar-refractivity contribution in [1.82, 2.24) is 4.98 Å². The van der Waals surface area contributed by atoms with Crippen LogP contribution in [0.3, 0.4) is 0 Å². The van der Waals surface area contributed by atoms with Crippen LogP contribution in [-0.4, -0.2) is 29.3 Å². The number of aliphatic hydroxyl groups is 1. The normalized spacial score (nSPS) is 15.6. The molecule has 0 amide bonds. The van der Waals surface area contributed by atoms with Crippen molar-refractivity contribution in [2.24, 2.45) is 0 Å². The van der Waals surface area contributed by atoms with Gasteiger partial charge in [-0.05, 0) is 44.2 Å². The Balaban J connectivity index is 2.17. The van der Waals surface area contributed by atoms with Gasteiger partial charge in [-0.15, -0.1) is 0 Å². The van der Waals surface area contributed by atoms with E-state index in [-0.39, 0.29) is 6.61 Å². The molecule has 3 N–H and O–H groups in total. The van der Waals surface area contributed by atoms with E-state index in [0.29, 0.717) is 6.04 Å². The molecule has 1 saturated carbocycles. The van der Waals surface area contributed by atoms with Gasteiger partial charge in [0.2, 0.25) is 0 Å². The van der Waals surface area contributed by atoms with E-state index in [1.165, 1.54) is 19.3 Å². The van der Waals surface area contributed by atoms with Crippen molar-refractivity contribution in [1.29, 1.82) is 0 Å². The number of nitrogen functional groups attached to an aromatic ring is 1. The lowest BCUT2D eigenvalue weighted by Gasteiger charge is -2.39. The summed E-state index contributed by atoms with van der Waals surface area (Å²) in [6.45, 7) is 3.05. The van der Waals surface area contributed by atoms with Gasteiger partial charge < -0.3 is 15.7 Å². The maximum atomic E-state index is 8.97. The second-order valence-corrected chi connectivity index (χ2v) is 4.78. The standard InChI is InChI=1S/C13H21N3O/c1-10-8-12(14)13(15-9-10)16(6-3-7-17)11-4-2-5-11/h8-9,11,17H,2-7,14H2,1H3. The van der Waals surface area contributed by atoms with Crippen LogP contribution >= 0.6 is 0 Å². The fourth-order valence-electron chi connectivity index (χ4n) is 2.23. The number of nitrogens with two attached hydrogens (primary N) is 1. The predicted molar refractivity (Wildman–Crippen MR) is 70.1 cm³/mol. The van der Waals surface area contributed by atoms with E-state index in [4.69, 9.17) is 10.8 Å². The fourth-order valence-corrected chi connectivity index (χ4v) is 2.23. The summed E-state index contributed by atoms with van der Waals surface area (Å²) in [6, 6.07) is 2.52. The lowest BCUT2D eigenvalue weighted by Crippen LogP contribution is -2.42. The summed E-state index contributed by atoms with van der Waals surface area (Å²) >= 11 is 0. The molecule has 0 atom stereocenters. The average molecular weight is 235 g/mol. The van der Waals surface area contributed by atoms with Gasteiger partial charge in [-0.25, -0.2) is 4.98 Å². The molecule has 1 heterocycles. The number of hydrogen-bond donors (Lipinski definition) is 2. The molecule has 1 aromatic rings. The lowest BCUT2D eigenvalue weighted by atomic mass is 9.91. The molecule has 17 heavy (non-hydrogen) atoms. The molecule has 0 radical (unpaired) electrons. The first-order valence-electron chi connectivity index (χ1n) is 6.32. The highest BCUT2D eigenvalue weighted by Gasteiger charge is 2.26. The number of anilines is 2. The third-order valence-corrected chi connectivity index (χ3v) is 3.38. The van der Waals surface area contributed by atoms with Crippen LogP contribution in [-0.2, 0) is 0 Å². The molecule has 0 aromatic carbocycles. The second-order valence-electron chi connectivity index (χ2n) is 4.78. The molecule has 1 fully saturated rings. The molecule has 2 rings (SSSR count). The van der Waals surface area contributed by atoms with Crippen LogP contribution in [0, 0.1) is 6.92 Å². The summed E-state index contributed by atoms with van der Waals surface area (Å²) in [5, 5.41) is 8.97. The Morgan fingerprint density at radius 1 is 1.53 bits per heavy atom. The van der Waals surface area contributed by atoms with Crippen molar-refractivity contribution < 1.29 is 5.11 Å². The van der Waals surface area contributed by atoms with Crippen LogP contribution < -0.4 is 10.6 Å². The number of aryl methyl sites for hydroxylation is 1. The number of rotatable bonds is 5. The third kappa shape index (κ3) is 2.69. The Kier molecular flexibility index (Phi) is 3.84. The second kappa shape index (κ2) is 5.36. The topological polar surface area (TPSA) is 62.4 Å². The van der Waals surface area contributed by atoms with Crippen LogP contribution in [0.25, 0.3) is 0 Å². The van der Waals surface area contributed by atoms with Gasteiger partial charge >= 0.3 is 0 Å². The van der Waals surface area contributed by atoms with Crippen molar-refractivity contribution in [3.63, 3.8) is 0 Å². The Labute approximate surface area is 102 Å². The van der Waals surface area contributed by atoms with Crippen molar-refractivity contribution in [2.75, 3.05) is 23.8 Å². The van der Waals surface area contributed by atoms with E-state index in [9.17, 15) is 0 Å². The Morgan fingerprint density at radius 3 is 2.82 bits per heavy atom. The van der Waals surface area contributed by atoms with Crippen LogP contribution in [0.5, 0.6) is 0 Å². The molecular formula is C13H21N3O. The van der Waals surface area contributed by atoms with Gasteiger partial charge in [-0.3, -0.25) is 0 Å². The van der Waals surface area contributed by atoms with Crippen molar-refractivity contribution >= 4 is 11.5 Å². The highest BCUT2D eigenvalue weighted by Crippen LogP contribution is 2.31. The highest BCUT2D eigenvalue weighted by molar-refractivity contribution is 5.64. The van der Waals surface area contributed by atoms with Crippen LogP contribution in [0.15, 0.2) is 12.3 Å². The van der Waals surface area contributed by atoms with E-state index in [0.717, 1.165) is 30.0 Å². The first-order valence-corrected chi connectivity index (χ1v) is 6.32. The monoisotopic (exact) mass is 235 g/mol. The Hall–Kier alpha value is -1.29. The molecule has 0 aliphatic heterocycles. The lowest BCUT2D eigenvalue weighted by molar-refractivity contribution is 0.282. The minimum Gasteiger partial charge on any atom is -0.396 e. The van der Waals surface area contributed by atoms with E-state index in [1.807, 2.05) is 19.2 Å². The molecule has 1 aromatic heterocycles. The molecule has 1 aliphatic rings. The average Bonchev–Trinajstić information content (AvgIpc) is 2.22.